The maximum Gasteiger partial charge on any atom is 0.220 e. The number of amides is 1. The van der Waals surface area contributed by atoms with E-state index in [4.69, 9.17) is 9.15 Å². The van der Waals surface area contributed by atoms with Gasteiger partial charge in [-0.25, -0.2) is 13.8 Å². The van der Waals surface area contributed by atoms with Crippen LogP contribution in [0.4, 0.5) is 8.78 Å². The molecular weight excluding hydrogens is 404 g/mol. The van der Waals surface area contributed by atoms with Crippen LogP contribution in [-0.2, 0) is 11.2 Å². The van der Waals surface area contributed by atoms with Crippen molar-refractivity contribution in [2.75, 3.05) is 27.7 Å². The first-order valence-electron chi connectivity index (χ1n) is 9.85. The van der Waals surface area contributed by atoms with Gasteiger partial charge in [0.15, 0.2) is 11.7 Å². The molecule has 8 heteroatoms. The summed E-state index contributed by atoms with van der Waals surface area (Å²) in [5.41, 5.74) is 0.756. The Morgan fingerprint density at radius 3 is 2.58 bits per heavy atom. The second kappa shape index (κ2) is 10.2. The molecule has 1 heterocycles. The molecule has 1 N–H and O–H groups in total. The van der Waals surface area contributed by atoms with E-state index in [0.717, 1.165) is 23.4 Å². The van der Waals surface area contributed by atoms with Crippen molar-refractivity contribution in [2.24, 2.45) is 0 Å². The smallest absolute Gasteiger partial charge is 0.220 e. The van der Waals surface area contributed by atoms with Crippen LogP contribution in [0.5, 0.6) is 5.75 Å². The molecule has 164 valence electrons. The summed E-state index contributed by atoms with van der Waals surface area (Å²) in [4.78, 5) is 18.4. The van der Waals surface area contributed by atoms with Gasteiger partial charge in [0.05, 0.1) is 24.9 Å². The van der Waals surface area contributed by atoms with Crippen molar-refractivity contribution in [1.82, 2.24) is 15.2 Å². The molecule has 0 radical (unpaired) electrons. The summed E-state index contributed by atoms with van der Waals surface area (Å²) in [6, 6.07) is 11.2. The lowest BCUT2D eigenvalue weighted by Gasteiger charge is -2.25. The third kappa shape index (κ3) is 5.67. The van der Waals surface area contributed by atoms with Crippen LogP contribution in [0.2, 0.25) is 0 Å². The Morgan fingerprint density at radius 2 is 1.90 bits per heavy atom. The summed E-state index contributed by atoms with van der Waals surface area (Å²) >= 11 is 0. The number of halogens is 2. The van der Waals surface area contributed by atoms with E-state index in [-0.39, 0.29) is 42.0 Å². The molecule has 0 spiro atoms. The SMILES string of the molecule is COc1cccc(C(CNC(=O)CCc2ncc(-c3c(F)cccc3F)o2)N(C)C)c1. The van der Waals surface area contributed by atoms with Crippen molar-refractivity contribution in [3.63, 3.8) is 0 Å². The Kier molecular flexibility index (Phi) is 7.36. The van der Waals surface area contributed by atoms with Gasteiger partial charge in [0, 0.05) is 19.4 Å². The van der Waals surface area contributed by atoms with Gasteiger partial charge in [0.25, 0.3) is 0 Å². The molecule has 0 saturated carbocycles. The van der Waals surface area contributed by atoms with Gasteiger partial charge in [-0.05, 0) is 43.9 Å². The molecule has 3 aromatic rings. The lowest BCUT2D eigenvalue weighted by atomic mass is 10.1. The fraction of sp³-hybridized carbons (Fsp3) is 0.304. The Bertz CT molecular complexity index is 1020. The van der Waals surface area contributed by atoms with Crippen LogP contribution in [0.3, 0.4) is 0 Å². The Morgan fingerprint density at radius 1 is 1.19 bits per heavy atom. The average molecular weight is 429 g/mol. The molecule has 1 aromatic heterocycles. The summed E-state index contributed by atoms with van der Waals surface area (Å²) in [5.74, 6) is -0.643. The van der Waals surface area contributed by atoms with Gasteiger partial charge in [-0.15, -0.1) is 0 Å². The first-order chi connectivity index (χ1) is 14.9. The topological polar surface area (TPSA) is 67.6 Å². The highest BCUT2D eigenvalue weighted by Crippen LogP contribution is 2.27. The number of aromatic nitrogens is 1. The van der Waals surface area contributed by atoms with Gasteiger partial charge in [0.2, 0.25) is 5.91 Å². The zero-order valence-electron chi connectivity index (χ0n) is 17.7. The van der Waals surface area contributed by atoms with Crippen LogP contribution in [0.25, 0.3) is 11.3 Å². The van der Waals surface area contributed by atoms with Crippen molar-refractivity contribution >= 4 is 5.91 Å². The molecule has 3 rings (SSSR count). The number of aryl methyl sites for hydroxylation is 1. The number of benzene rings is 2. The van der Waals surface area contributed by atoms with Crippen molar-refractivity contribution < 1.29 is 22.7 Å². The third-order valence-electron chi connectivity index (χ3n) is 4.92. The Balaban J connectivity index is 1.57. The second-order valence-corrected chi connectivity index (χ2v) is 7.28. The van der Waals surface area contributed by atoms with Crippen molar-refractivity contribution in [3.05, 3.63) is 71.8 Å². The molecule has 0 fully saturated rings. The molecule has 1 amide bonds. The zero-order valence-corrected chi connectivity index (χ0v) is 17.7. The van der Waals surface area contributed by atoms with Crippen molar-refractivity contribution in [1.29, 1.82) is 0 Å². The molecule has 0 saturated heterocycles. The van der Waals surface area contributed by atoms with Crippen LogP contribution in [0, 0.1) is 11.6 Å². The second-order valence-electron chi connectivity index (χ2n) is 7.28. The highest BCUT2D eigenvalue weighted by Gasteiger charge is 2.18. The summed E-state index contributed by atoms with van der Waals surface area (Å²) in [6.45, 7) is 0.413. The molecule has 0 aliphatic carbocycles. The lowest BCUT2D eigenvalue weighted by Crippen LogP contribution is -2.34. The largest absolute Gasteiger partial charge is 0.497 e. The van der Waals surface area contributed by atoms with Gasteiger partial charge < -0.3 is 19.4 Å². The fourth-order valence-electron chi connectivity index (χ4n) is 3.24. The van der Waals surface area contributed by atoms with Gasteiger partial charge in [0.1, 0.15) is 17.4 Å². The number of oxazole rings is 1. The molecule has 0 aliphatic heterocycles. The molecule has 0 aliphatic rings. The molecule has 0 bridgehead atoms. The van der Waals surface area contributed by atoms with Crippen LogP contribution in [0.1, 0.15) is 23.9 Å². The lowest BCUT2D eigenvalue weighted by molar-refractivity contribution is -0.121. The highest BCUT2D eigenvalue weighted by atomic mass is 19.1. The number of likely N-dealkylation sites (N-methyl/N-ethyl adjacent to an activating group) is 1. The zero-order chi connectivity index (χ0) is 22.4. The van der Waals surface area contributed by atoms with E-state index in [0.29, 0.717) is 6.54 Å². The summed E-state index contributed by atoms with van der Waals surface area (Å²) in [6.07, 6.45) is 1.62. The molecule has 6 nitrogen and oxygen atoms in total. The fourth-order valence-corrected chi connectivity index (χ4v) is 3.24. The predicted molar refractivity (Wildman–Crippen MR) is 113 cm³/mol. The number of hydrogen-bond donors (Lipinski definition) is 1. The number of hydrogen-bond acceptors (Lipinski definition) is 5. The highest BCUT2D eigenvalue weighted by molar-refractivity contribution is 5.76. The minimum atomic E-state index is -0.729. The Hall–Kier alpha value is -3.26. The predicted octanol–water partition coefficient (Wildman–Crippen LogP) is 3.98. The van der Waals surface area contributed by atoms with Gasteiger partial charge in [-0.1, -0.05) is 18.2 Å². The molecule has 1 atom stereocenters. The number of carbonyl (C=O) groups is 1. The van der Waals surface area contributed by atoms with E-state index in [1.54, 1.807) is 7.11 Å². The van der Waals surface area contributed by atoms with Crippen LogP contribution < -0.4 is 10.1 Å². The standard InChI is InChI=1S/C23H25F2N3O3/c1-28(2)19(15-6-4-7-16(12-15)30-3)13-26-21(29)10-11-22-27-14-20(31-22)23-17(24)8-5-9-18(23)25/h4-9,12,14,19H,10-11,13H2,1-3H3,(H,26,29). The molecular formula is C23H25F2N3O3. The van der Waals surface area contributed by atoms with Crippen LogP contribution in [-0.4, -0.2) is 43.5 Å². The maximum atomic E-state index is 13.9. The monoisotopic (exact) mass is 429 g/mol. The van der Waals surface area contributed by atoms with Crippen LogP contribution >= 0.6 is 0 Å². The van der Waals surface area contributed by atoms with E-state index in [2.05, 4.69) is 10.3 Å². The number of ether oxygens (including phenoxy) is 1. The summed E-state index contributed by atoms with van der Waals surface area (Å²) in [7, 11) is 5.49. The third-order valence-corrected chi connectivity index (χ3v) is 4.92. The summed E-state index contributed by atoms with van der Waals surface area (Å²) in [5, 5.41) is 2.92. The molecule has 1 unspecified atom stereocenters. The van der Waals surface area contributed by atoms with E-state index in [1.165, 1.54) is 12.3 Å². The molecule has 2 aromatic carbocycles. The number of rotatable bonds is 9. The normalized spacial score (nSPS) is 12.1. The average Bonchev–Trinajstić information content (AvgIpc) is 3.20. The van der Waals surface area contributed by atoms with Crippen LogP contribution in [0.15, 0.2) is 53.1 Å². The van der Waals surface area contributed by atoms with Crippen molar-refractivity contribution in [3.8, 4) is 17.1 Å². The number of carbonyl (C=O) groups excluding carboxylic acids is 1. The van der Waals surface area contributed by atoms with E-state index >= 15 is 0 Å². The first-order valence-corrected chi connectivity index (χ1v) is 9.85. The molecule has 31 heavy (non-hydrogen) atoms. The minimum Gasteiger partial charge on any atom is -0.497 e. The number of methoxy groups -OCH3 is 1. The number of nitrogens with zero attached hydrogens (tertiary/aromatic N) is 2. The van der Waals surface area contributed by atoms with Gasteiger partial charge >= 0.3 is 0 Å². The van der Waals surface area contributed by atoms with Gasteiger partial charge in [-0.3, -0.25) is 4.79 Å². The van der Waals surface area contributed by atoms with E-state index in [9.17, 15) is 13.6 Å². The van der Waals surface area contributed by atoms with E-state index < -0.39 is 11.6 Å². The Labute approximate surface area is 179 Å². The number of nitrogens with one attached hydrogen (secondary N) is 1. The van der Waals surface area contributed by atoms with Crippen molar-refractivity contribution in [2.45, 2.75) is 18.9 Å². The maximum absolute atomic E-state index is 13.9. The van der Waals surface area contributed by atoms with E-state index in [1.807, 2.05) is 43.3 Å². The first kappa shape index (κ1) is 22.4. The summed E-state index contributed by atoms with van der Waals surface area (Å²) < 4.78 is 38.5. The van der Waals surface area contributed by atoms with Gasteiger partial charge in [-0.2, -0.15) is 0 Å². The quantitative estimate of drug-likeness (QED) is 0.557. The minimum absolute atomic E-state index is 0.00305.